The molecule has 0 saturated carbocycles. The van der Waals surface area contributed by atoms with Crippen LogP contribution in [-0.4, -0.2) is 34.4 Å². The van der Waals surface area contributed by atoms with Crippen molar-refractivity contribution in [3.05, 3.63) is 52.7 Å². The van der Waals surface area contributed by atoms with Gasteiger partial charge in [-0.05, 0) is 36.8 Å². The van der Waals surface area contributed by atoms with Crippen LogP contribution in [0.4, 0.5) is 5.82 Å². The summed E-state index contributed by atoms with van der Waals surface area (Å²) in [5.41, 5.74) is 2.56. The SMILES string of the molecule is CN(Cc1ccccc1)C(=O)CCNc1ncnc2sc3c(c12)CCCC3. The zero-order chi connectivity index (χ0) is 18.6. The van der Waals surface area contributed by atoms with Crippen molar-refractivity contribution in [2.45, 2.75) is 38.6 Å². The van der Waals surface area contributed by atoms with Gasteiger partial charge in [-0.2, -0.15) is 0 Å². The van der Waals surface area contributed by atoms with Gasteiger partial charge in [0.15, 0.2) is 0 Å². The van der Waals surface area contributed by atoms with Crippen LogP contribution in [0.5, 0.6) is 0 Å². The van der Waals surface area contributed by atoms with Crippen molar-refractivity contribution in [2.24, 2.45) is 0 Å². The second kappa shape index (κ2) is 8.05. The number of anilines is 1. The molecule has 0 bridgehead atoms. The molecule has 4 rings (SSSR count). The molecule has 140 valence electrons. The first-order chi connectivity index (χ1) is 13.2. The average molecular weight is 381 g/mol. The Morgan fingerprint density at radius 1 is 1.19 bits per heavy atom. The largest absolute Gasteiger partial charge is 0.369 e. The molecule has 5 nitrogen and oxygen atoms in total. The number of fused-ring (bicyclic) bond motifs is 3. The van der Waals surface area contributed by atoms with Crippen molar-refractivity contribution in [3.63, 3.8) is 0 Å². The average Bonchev–Trinajstić information content (AvgIpc) is 3.08. The summed E-state index contributed by atoms with van der Waals surface area (Å²) in [4.78, 5) is 25.6. The standard InChI is InChI=1S/C21H24N4OS/c1-25(13-15-7-3-2-4-8-15)18(26)11-12-22-20-19-16-9-5-6-10-17(16)27-21(19)24-14-23-20/h2-4,7-8,14H,5-6,9-13H2,1H3,(H,22,23,24). The van der Waals surface area contributed by atoms with Gasteiger partial charge in [-0.1, -0.05) is 30.3 Å². The third-order valence-corrected chi connectivity index (χ3v) is 6.27. The molecule has 0 fully saturated rings. The number of hydrogen-bond donors (Lipinski definition) is 1. The highest BCUT2D eigenvalue weighted by Crippen LogP contribution is 2.38. The predicted molar refractivity (Wildman–Crippen MR) is 110 cm³/mol. The second-order valence-electron chi connectivity index (χ2n) is 7.03. The summed E-state index contributed by atoms with van der Waals surface area (Å²) in [7, 11) is 1.85. The number of rotatable bonds is 6. The van der Waals surface area contributed by atoms with Crippen LogP contribution in [0.3, 0.4) is 0 Å². The number of nitrogens with zero attached hydrogens (tertiary/aromatic N) is 3. The van der Waals surface area contributed by atoms with E-state index in [4.69, 9.17) is 0 Å². The van der Waals surface area contributed by atoms with Gasteiger partial charge in [-0.15, -0.1) is 11.3 Å². The highest BCUT2D eigenvalue weighted by atomic mass is 32.1. The maximum atomic E-state index is 12.4. The summed E-state index contributed by atoms with van der Waals surface area (Å²) in [6.07, 6.45) is 6.82. The maximum absolute atomic E-state index is 12.4. The van der Waals surface area contributed by atoms with E-state index in [2.05, 4.69) is 15.3 Å². The van der Waals surface area contributed by atoms with Gasteiger partial charge in [0.1, 0.15) is 17.0 Å². The molecule has 0 radical (unpaired) electrons. The van der Waals surface area contributed by atoms with Gasteiger partial charge in [-0.3, -0.25) is 4.79 Å². The van der Waals surface area contributed by atoms with Crippen molar-refractivity contribution in [1.29, 1.82) is 0 Å². The Hall–Kier alpha value is -2.47. The van der Waals surface area contributed by atoms with E-state index in [1.807, 2.05) is 37.4 Å². The van der Waals surface area contributed by atoms with Gasteiger partial charge in [0.2, 0.25) is 5.91 Å². The number of hydrogen-bond acceptors (Lipinski definition) is 5. The molecule has 0 spiro atoms. The molecule has 0 saturated heterocycles. The van der Waals surface area contributed by atoms with E-state index in [0.29, 0.717) is 19.5 Å². The van der Waals surface area contributed by atoms with Crippen LogP contribution in [0, 0.1) is 0 Å². The smallest absolute Gasteiger partial charge is 0.224 e. The lowest BCUT2D eigenvalue weighted by atomic mass is 9.97. The number of aryl methyl sites for hydroxylation is 2. The van der Waals surface area contributed by atoms with Gasteiger partial charge >= 0.3 is 0 Å². The lowest BCUT2D eigenvalue weighted by Gasteiger charge is -2.18. The number of amides is 1. The maximum Gasteiger partial charge on any atom is 0.224 e. The first-order valence-electron chi connectivity index (χ1n) is 9.49. The summed E-state index contributed by atoms with van der Waals surface area (Å²) in [5, 5.41) is 4.55. The normalized spacial score (nSPS) is 13.4. The molecule has 1 N–H and O–H groups in total. The highest BCUT2D eigenvalue weighted by Gasteiger charge is 2.20. The minimum absolute atomic E-state index is 0.129. The van der Waals surface area contributed by atoms with Crippen molar-refractivity contribution in [3.8, 4) is 0 Å². The molecule has 6 heteroatoms. The Morgan fingerprint density at radius 2 is 2.00 bits per heavy atom. The van der Waals surface area contributed by atoms with Crippen molar-refractivity contribution in [2.75, 3.05) is 18.9 Å². The summed E-state index contributed by atoms with van der Waals surface area (Å²) in [6.45, 7) is 1.21. The number of carbonyl (C=O) groups excluding carboxylic acids is 1. The molecule has 2 aromatic heterocycles. The lowest BCUT2D eigenvalue weighted by molar-refractivity contribution is -0.130. The van der Waals surface area contributed by atoms with E-state index in [0.717, 1.165) is 29.1 Å². The van der Waals surface area contributed by atoms with E-state index in [1.165, 1.54) is 28.7 Å². The van der Waals surface area contributed by atoms with Gasteiger partial charge in [0, 0.05) is 31.4 Å². The van der Waals surface area contributed by atoms with E-state index in [-0.39, 0.29) is 5.91 Å². The van der Waals surface area contributed by atoms with Crippen LogP contribution < -0.4 is 5.32 Å². The van der Waals surface area contributed by atoms with Crippen LogP contribution in [-0.2, 0) is 24.2 Å². The van der Waals surface area contributed by atoms with Gasteiger partial charge in [0.25, 0.3) is 0 Å². The van der Waals surface area contributed by atoms with Crippen LogP contribution in [0.2, 0.25) is 0 Å². The monoisotopic (exact) mass is 380 g/mol. The third-order valence-electron chi connectivity index (χ3n) is 5.07. The summed E-state index contributed by atoms with van der Waals surface area (Å²) in [6, 6.07) is 10.1. The molecule has 0 unspecified atom stereocenters. The van der Waals surface area contributed by atoms with Crippen LogP contribution in [0.1, 0.15) is 35.3 Å². The molecule has 1 aromatic carbocycles. The van der Waals surface area contributed by atoms with Crippen molar-refractivity contribution in [1.82, 2.24) is 14.9 Å². The molecule has 3 aromatic rings. The van der Waals surface area contributed by atoms with Gasteiger partial charge in [0.05, 0.1) is 5.39 Å². The zero-order valence-electron chi connectivity index (χ0n) is 15.6. The fourth-order valence-electron chi connectivity index (χ4n) is 3.65. The molecule has 2 heterocycles. The molecule has 1 aliphatic rings. The lowest BCUT2D eigenvalue weighted by Crippen LogP contribution is -2.27. The van der Waals surface area contributed by atoms with E-state index < -0.39 is 0 Å². The summed E-state index contributed by atoms with van der Waals surface area (Å²) in [5.74, 6) is 1.00. The molecule has 27 heavy (non-hydrogen) atoms. The highest BCUT2D eigenvalue weighted by molar-refractivity contribution is 7.19. The quantitative estimate of drug-likeness (QED) is 0.701. The minimum atomic E-state index is 0.129. The van der Waals surface area contributed by atoms with E-state index in [1.54, 1.807) is 22.6 Å². The third kappa shape index (κ3) is 3.95. The van der Waals surface area contributed by atoms with Crippen LogP contribution in [0.25, 0.3) is 10.2 Å². The number of aromatic nitrogens is 2. The fourth-order valence-corrected chi connectivity index (χ4v) is 4.88. The first-order valence-corrected chi connectivity index (χ1v) is 10.3. The van der Waals surface area contributed by atoms with Crippen molar-refractivity contribution < 1.29 is 4.79 Å². The fraction of sp³-hybridized carbons (Fsp3) is 0.381. The topological polar surface area (TPSA) is 58.1 Å². The van der Waals surface area contributed by atoms with E-state index >= 15 is 0 Å². The number of benzene rings is 1. The molecule has 1 amide bonds. The van der Waals surface area contributed by atoms with Crippen LogP contribution >= 0.6 is 11.3 Å². The molecular formula is C21H24N4OS. The Morgan fingerprint density at radius 3 is 2.85 bits per heavy atom. The Balaban J connectivity index is 1.39. The Bertz CT molecular complexity index is 938. The number of nitrogens with one attached hydrogen (secondary N) is 1. The first kappa shape index (κ1) is 17.9. The van der Waals surface area contributed by atoms with Crippen LogP contribution in [0.15, 0.2) is 36.7 Å². The summed E-state index contributed by atoms with van der Waals surface area (Å²) < 4.78 is 0. The molecule has 0 atom stereocenters. The summed E-state index contributed by atoms with van der Waals surface area (Å²) >= 11 is 1.79. The second-order valence-corrected chi connectivity index (χ2v) is 8.11. The molecular weight excluding hydrogens is 356 g/mol. The van der Waals surface area contributed by atoms with Crippen molar-refractivity contribution >= 4 is 33.3 Å². The minimum Gasteiger partial charge on any atom is -0.369 e. The molecule has 0 aliphatic heterocycles. The predicted octanol–water partition coefficient (Wildman–Crippen LogP) is 4.03. The van der Waals surface area contributed by atoms with E-state index in [9.17, 15) is 4.79 Å². The van der Waals surface area contributed by atoms with Gasteiger partial charge in [-0.25, -0.2) is 9.97 Å². The Labute approximate surface area is 163 Å². The van der Waals surface area contributed by atoms with Gasteiger partial charge < -0.3 is 10.2 Å². The Kier molecular flexibility index (Phi) is 5.34. The molecule has 1 aliphatic carbocycles. The zero-order valence-corrected chi connectivity index (χ0v) is 16.4. The number of thiophene rings is 1. The number of carbonyl (C=O) groups is 1.